The van der Waals surface area contributed by atoms with Crippen molar-refractivity contribution in [3.63, 3.8) is 0 Å². The molecule has 78 valence electrons. The number of nitro benzene ring substituents is 1. The Kier molecular flexibility index (Phi) is 5.15. The van der Waals surface area contributed by atoms with E-state index in [0.717, 1.165) is 0 Å². The summed E-state index contributed by atoms with van der Waals surface area (Å²) in [7, 11) is 0. The molecule has 1 aromatic carbocycles. The van der Waals surface area contributed by atoms with Crippen molar-refractivity contribution in [2.24, 2.45) is 11.6 Å². The van der Waals surface area contributed by atoms with Crippen molar-refractivity contribution in [1.82, 2.24) is 0 Å². The standard InChI is InChI=1S/C7H8N2O3.H3NO/c8-4-5-3-6(9(11)12)1-2-7(5)10;1-2/h1-3,10H,4,8H2;2H,1H2. The van der Waals surface area contributed by atoms with Crippen LogP contribution in [0.4, 0.5) is 5.69 Å². The predicted octanol–water partition coefficient (Wildman–Crippen LogP) is 0.0934. The Bertz CT molecular complexity index is 316. The number of hydrogen-bond acceptors (Lipinski definition) is 6. The molecule has 1 aromatic rings. The maximum Gasteiger partial charge on any atom is 0.270 e. The van der Waals surface area contributed by atoms with Gasteiger partial charge >= 0.3 is 0 Å². The van der Waals surface area contributed by atoms with Crippen molar-refractivity contribution in [2.45, 2.75) is 6.54 Å². The highest BCUT2D eigenvalue weighted by atomic mass is 16.6. The summed E-state index contributed by atoms with van der Waals surface area (Å²) in [4.78, 5) is 9.73. The maximum atomic E-state index is 10.3. The lowest BCUT2D eigenvalue weighted by atomic mass is 10.2. The molecule has 0 bridgehead atoms. The van der Waals surface area contributed by atoms with Crippen molar-refractivity contribution < 1.29 is 15.2 Å². The number of phenolic OH excluding ortho intramolecular Hbond substituents is 1. The van der Waals surface area contributed by atoms with Crippen LogP contribution in [-0.4, -0.2) is 15.2 Å². The van der Waals surface area contributed by atoms with Crippen molar-refractivity contribution >= 4 is 5.69 Å². The number of phenols is 1. The monoisotopic (exact) mass is 201 g/mol. The number of benzene rings is 1. The minimum Gasteiger partial charge on any atom is -0.508 e. The van der Waals surface area contributed by atoms with E-state index in [1.807, 2.05) is 0 Å². The highest BCUT2D eigenvalue weighted by Crippen LogP contribution is 2.21. The van der Waals surface area contributed by atoms with Crippen LogP contribution in [0.3, 0.4) is 0 Å². The molecule has 0 saturated heterocycles. The summed E-state index contributed by atoms with van der Waals surface area (Å²) in [6.45, 7) is 0.0908. The number of nitrogens with two attached hydrogens (primary N) is 2. The number of rotatable bonds is 2. The van der Waals surface area contributed by atoms with Crippen LogP contribution in [0.1, 0.15) is 5.56 Å². The first-order valence-electron chi connectivity index (χ1n) is 3.57. The second kappa shape index (κ2) is 5.86. The van der Waals surface area contributed by atoms with Crippen molar-refractivity contribution in [3.8, 4) is 5.75 Å². The lowest BCUT2D eigenvalue weighted by molar-refractivity contribution is -0.384. The van der Waals surface area contributed by atoms with Gasteiger partial charge in [0.25, 0.3) is 5.69 Å². The Balaban J connectivity index is 0.000000791. The van der Waals surface area contributed by atoms with Gasteiger partial charge in [-0.1, -0.05) is 0 Å². The van der Waals surface area contributed by atoms with Crippen molar-refractivity contribution in [1.29, 1.82) is 0 Å². The quantitative estimate of drug-likeness (QED) is 0.395. The van der Waals surface area contributed by atoms with Gasteiger partial charge in [-0.3, -0.25) is 10.1 Å². The van der Waals surface area contributed by atoms with Crippen LogP contribution in [0.25, 0.3) is 0 Å². The van der Waals surface area contributed by atoms with E-state index in [-0.39, 0.29) is 18.0 Å². The summed E-state index contributed by atoms with van der Waals surface area (Å²) in [5.41, 5.74) is 5.55. The molecular weight excluding hydrogens is 190 g/mol. The third kappa shape index (κ3) is 2.98. The molecule has 0 saturated carbocycles. The van der Waals surface area contributed by atoms with Crippen LogP contribution < -0.4 is 11.6 Å². The van der Waals surface area contributed by atoms with Gasteiger partial charge in [0.05, 0.1) is 4.92 Å². The molecule has 0 fully saturated rings. The number of nitrogens with zero attached hydrogens (tertiary/aromatic N) is 1. The number of nitro groups is 1. The first-order valence-corrected chi connectivity index (χ1v) is 3.57. The molecule has 0 unspecified atom stereocenters. The Morgan fingerprint density at radius 1 is 1.43 bits per heavy atom. The Labute approximate surface area is 79.7 Å². The van der Waals surface area contributed by atoms with Crippen molar-refractivity contribution in [3.05, 3.63) is 33.9 Å². The molecule has 7 nitrogen and oxygen atoms in total. The lowest BCUT2D eigenvalue weighted by Crippen LogP contribution is -1.98. The molecule has 0 aliphatic carbocycles. The molecule has 0 spiro atoms. The topological polar surface area (TPSA) is 136 Å². The fourth-order valence-corrected chi connectivity index (χ4v) is 0.849. The Hall–Kier alpha value is -1.70. The van der Waals surface area contributed by atoms with E-state index in [2.05, 4.69) is 5.90 Å². The third-order valence-electron chi connectivity index (χ3n) is 1.49. The SMILES string of the molecule is NCc1cc([N+](=O)[O-])ccc1O.NO. The first kappa shape index (κ1) is 12.3. The number of hydrogen-bond donors (Lipinski definition) is 4. The normalized spacial score (nSPS) is 8.79. The van der Waals surface area contributed by atoms with Gasteiger partial charge in [-0.25, -0.2) is 5.90 Å². The predicted molar refractivity (Wildman–Crippen MR) is 48.6 cm³/mol. The van der Waals surface area contributed by atoms with Crippen LogP contribution in [0.2, 0.25) is 0 Å². The molecular formula is C7H11N3O4. The van der Waals surface area contributed by atoms with E-state index >= 15 is 0 Å². The molecule has 0 atom stereocenters. The van der Waals surface area contributed by atoms with E-state index in [9.17, 15) is 10.1 Å². The minimum atomic E-state index is -0.529. The van der Waals surface area contributed by atoms with Crippen LogP contribution in [0.15, 0.2) is 18.2 Å². The van der Waals surface area contributed by atoms with Gasteiger partial charge in [-0.2, -0.15) is 0 Å². The second-order valence-electron chi connectivity index (χ2n) is 2.27. The van der Waals surface area contributed by atoms with E-state index in [4.69, 9.17) is 16.0 Å². The highest BCUT2D eigenvalue weighted by molar-refractivity contribution is 5.42. The van der Waals surface area contributed by atoms with Gasteiger partial charge in [0, 0.05) is 24.2 Å². The van der Waals surface area contributed by atoms with E-state index in [1.165, 1.54) is 18.2 Å². The van der Waals surface area contributed by atoms with Gasteiger partial charge < -0.3 is 16.0 Å². The summed E-state index contributed by atoms with van der Waals surface area (Å²) in [5.74, 6) is 3.49. The molecule has 0 aliphatic heterocycles. The summed E-state index contributed by atoms with van der Waals surface area (Å²) < 4.78 is 0. The van der Waals surface area contributed by atoms with Gasteiger partial charge in [0.2, 0.25) is 0 Å². The van der Waals surface area contributed by atoms with Crippen molar-refractivity contribution in [2.75, 3.05) is 0 Å². The maximum absolute atomic E-state index is 10.3. The fourth-order valence-electron chi connectivity index (χ4n) is 0.849. The minimum absolute atomic E-state index is 0.0110. The summed E-state index contributed by atoms with van der Waals surface area (Å²) in [6, 6.07) is 3.75. The molecule has 0 radical (unpaired) electrons. The molecule has 0 amide bonds. The zero-order valence-corrected chi connectivity index (χ0v) is 7.25. The van der Waals surface area contributed by atoms with Gasteiger partial charge in [-0.15, -0.1) is 0 Å². The van der Waals surface area contributed by atoms with E-state index in [0.29, 0.717) is 5.56 Å². The smallest absolute Gasteiger partial charge is 0.270 e. The van der Waals surface area contributed by atoms with E-state index < -0.39 is 4.92 Å². The zero-order chi connectivity index (χ0) is 11.1. The average molecular weight is 201 g/mol. The first-order chi connectivity index (χ1) is 6.65. The summed E-state index contributed by atoms with van der Waals surface area (Å²) in [6.07, 6.45) is 0. The number of non-ortho nitro benzene ring substituents is 1. The molecule has 0 aromatic heterocycles. The molecule has 0 heterocycles. The van der Waals surface area contributed by atoms with E-state index in [1.54, 1.807) is 0 Å². The molecule has 6 N–H and O–H groups in total. The number of aromatic hydroxyl groups is 1. The van der Waals surface area contributed by atoms with Gasteiger partial charge in [0.15, 0.2) is 0 Å². The summed E-state index contributed by atoms with van der Waals surface area (Å²) >= 11 is 0. The summed E-state index contributed by atoms with van der Waals surface area (Å²) in [5, 5.41) is 25.9. The second-order valence-corrected chi connectivity index (χ2v) is 2.27. The van der Waals surface area contributed by atoms with Gasteiger partial charge in [0.1, 0.15) is 5.75 Å². The van der Waals surface area contributed by atoms with Crippen LogP contribution in [0, 0.1) is 10.1 Å². The molecule has 1 rings (SSSR count). The highest BCUT2D eigenvalue weighted by Gasteiger charge is 2.08. The molecule has 14 heavy (non-hydrogen) atoms. The fraction of sp³-hybridized carbons (Fsp3) is 0.143. The van der Waals surface area contributed by atoms with Crippen LogP contribution in [0.5, 0.6) is 5.75 Å². The third-order valence-corrected chi connectivity index (χ3v) is 1.49. The lowest BCUT2D eigenvalue weighted by Gasteiger charge is -1.99. The van der Waals surface area contributed by atoms with Crippen LogP contribution >= 0.6 is 0 Å². The largest absolute Gasteiger partial charge is 0.508 e. The Morgan fingerprint density at radius 2 is 2.00 bits per heavy atom. The molecule has 7 heteroatoms. The molecule has 0 aliphatic rings. The van der Waals surface area contributed by atoms with Gasteiger partial charge in [-0.05, 0) is 6.07 Å². The zero-order valence-electron chi connectivity index (χ0n) is 7.25. The Morgan fingerprint density at radius 3 is 2.43 bits per heavy atom. The average Bonchev–Trinajstić information content (AvgIpc) is 2.21. The van der Waals surface area contributed by atoms with Crippen LogP contribution in [-0.2, 0) is 6.54 Å².